The lowest BCUT2D eigenvalue weighted by molar-refractivity contribution is -0.140. The number of fused-ring (bicyclic) bond motifs is 2. The minimum atomic E-state index is -1.26. The molecule has 10 nitrogen and oxygen atoms in total. The molecule has 0 amide bonds. The highest BCUT2D eigenvalue weighted by molar-refractivity contribution is 6.36. The standard InChI is InChI=1S/C26H24ClN5O5/c1-14(33)23(26(34)35)28-12-15-10-19-24(29-13-15)25(31-32(19)2)30-18-5-3-4-17(22(18)27)16-6-7-20-21(11-16)37-9-8-36-20/h3-7,10-14,23,33H,8-9H2,1-2H3,(H,30,31)(H,34,35)/t14-,23+/m1/s1. The second-order valence-corrected chi connectivity index (χ2v) is 8.94. The van der Waals surface area contributed by atoms with Gasteiger partial charge in [-0.15, -0.1) is 0 Å². The minimum Gasteiger partial charge on any atom is -0.486 e. The van der Waals surface area contributed by atoms with Crippen LogP contribution in [0.3, 0.4) is 0 Å². The van der Waals surface area contributed by atoms with Crippen molar-refractivity contribution in [1.82, 2.24) is 14.8 Å². The predicted octanol–water partition coefficient (Wildman–Crippen LogP) is 4.06. The Balaban J connectivity index is 1.44. The number of aliphatic hydroxyl groups is 1. The van der Waals surface area contributed by atoms with Crippen molar-refractivity contribution >= 4 is 46.3 Å². The summed E-state index contributed by atoms with van der Waals surface area (Å²) in [5.74, 6) is 0.693. The van der Waals surface area contributed by atoms with Crippen LogP contribution >= 0.6 is 11.6 Å². The van der Waals surface area contributed by atoms with Crippen molar-refractivity contribution in [3.05, 3.63) is 59.2 Å². The van der Waals surface area contributed by atoms with Crippen molar-refractivity contribution in [2.75, 3.05) is 18.5 Å². The Bertz CT molecular complexity index is 1520. The maximum atomic E-state index is 11.3. The number of carboxylic acid groups (broad SMARTS) is 1. The molecule has 0 fully saturated rings. The van der Waals surface area contributed by atoms with Crippen molar-refractivity contribution in [2.24, 2.45) is 12.0 Å². The van der Waals surface area contributed by atoms with Gasteiger partial charge in [0.25, 0.3) is 0 Å². The van der Waals surface area contributed by atoms with Crippen molar-refractivity contribution in [3.8, 4) is 22.6 Å². The van der Waals surface area contributed by atoms with Gasteiger partial charge in [-0.05, 0) is 36.8 Å². The van der Waals surface area contributed by atoms with Crippen LogP contribution in [0.25, 0.3) is 22.2 Å². The topological polar surface area (TPSA) is 131 Å². The van der Waals surface area contributed by atoms with Gasteiger partial charge in [-0.1, -0.05) is 29.8 Å². The lowest BCUT2D eigenvalue weighted by Crippen LogP contribution is -2.29. The van der Waals surface area contributed by atoms with Crippen LogP contribution in [0.5, 0.6) is 11.5 Å². The summed E-state index contributed by atoms with van der Waals surface area (Å²) in [6, 6.07) is 11.9. The summed E-state index contributed by atoms with van der Waals surface area (Å²) in [5.41, 5.74) is 4.25. The SMILES string of the molecule is C[C@@H](O)[C@H](N=Cc1cnc2c(Nc3cccc(-c4ccc5c(c4)OCCO5)c3Cl)nn(C)c2c1)C(=O)O. The zero-order chi connectivity index (χ0) is 26.1. The molecule has 0 aliphatic carbocycles. The summed E-state index contributed by atoms with van der Waals surface area (Å²) in [6.45, 7) is 2.40. The highest BCUT2D eigenvalue weighted by atomic mass is 35.5. The summed E-state index contributed by atoms with van der Waals surface area (Å²) in [7, 11) is 1.78. The molecule has 3 N–H and O–H groups in total. The maximum Gasteiger partial charge on any atom is 0.331 e. The number of benzene rings is 2. The molecular weight excluding hydrogens is 498 g/mol. The fraction of sp³-hybridized carbons (Fsp3) is 0.231. The molecule has 0 spiro atoms. The van der Waals surface area contributed by atoms with Gasteiger partial charge in [-0.3, -0.25) is 9.67 Å². The number of rotatable bonds is 7. The lowest BCUT2D eigenvalue weighted by Gasteiger charge is -2.19. The number of aliphatic carboxylic acids is 1. The number of aryl methyl sites for hydroxylation is 1. The van der Waals surface area contributed by atoms with Crippen LogP contribution in [-0.2, 0) is 11.8 Å². The second-order valence-electron chi connectivity index (χ2n) is 8.56. The Morgan fingerprint density at radius 2 is 2.00 bits per heavy atom. The Morgan fingerprint density at radius 3 is 2.76 bits per heavy atom. The van der Waals surface area contributed by atoms with Gasteiger partial charge in [-0.25, -0.2) is 9.78 Å². The molecule has 0 saturated heterocycles. The van der Waals surface area contributed by atoms with Gasteiger partial charge < -0.3 is 25.0 Å². The van der Waals surface area contributed by atoms with E-state index in [1.54, 1.807) is 24.0 Å². The van der Waals surface area contributed by atoms with E-state index in [9.17, 15) is 15.0 Å². The number of carbonyl (C=O) groups is 1. The first-order valence-corrected chi connectivity index (χ1v) is 11.9. The third kappa shape index (κ3) is 4.93. The van der Waals surface area contributed by atoms with Gasteiger partial charge in [0.05, 0.1) is 22.3 Å². The van der Waals surface area contributed by atoms with Crippen LogP contribution in [-0.4, -0.2) is 62.5 Å². The number of nitrogens with one attached hydrogen (secondary N) is 1. The smallest absolute Gasteiger partial charge is 0.331 e. The fourth-order valence-electron chi connectivity index (χ4n) is 4.05. The average molecular weight is 522 g/mol. The molecule has 3 heterocycles. The molecule has 1 aliphatic rings. The number of ether oxygens (including phenoxy) is 2. The van der Waals surface area contributed by atoms with Crippen molar-refractivity contribution in [2.45, 2.75) is 19.1 Å². The van der Waals surface area contributed by atoms with E-state index in [4.69, 9.17) is 21.1 Å². The monoisotopic (exact) mass is 521 g/mol. The molecule has 0 saturated carbocycles. The number of hydrogen-bond acceptors (Lipinski definition) is 8. The lowest BCUT2D eigenvalue weighted by atomic mass is 10.0. The molecule has 11 heteroatoms. The third-order valence-corrected chi connectivity index (χ3v) is 6.32. The van der Waals surface area contributed by atoms with Gasteiger partial charge in [0, 0.05) is 30.6 Å². The number of aromatic nitrogens is 3. The van der Waals surface area contributed by atoms with E-state index in [2.05, 4.69) is 20.4 Å². The van der Waals surface area contributed by atoms with E-state index in [0.29, 0.717) is 57.8 Å². The van der Waals surface area contributed by atoms with Crippen LogP contribution in [0.2, 0.25) is 5.02 Å². The highest BCUT2D eigenvalue weighted by Crippen LogP contribution is 2.40. The molecule has 0 unspecified atom stereocenters. The Kier molecular flexibility index (Phi) is 6.68. The van der Waals surface area contributed by atoms with Crippen molar-refractivity contribution < 1.29 is 24.5 Å². The van der Waals surface area contributed by atoms with Crippen LogP contribution in [0.15, 0.2) is 53.7 Å². The Hall–Kier alpha value is -4.15. The van der Waals surface area contributed by atoms with Crippen LogP contribution in [0.4, 0.5) is 11.5 Å². The first-order valence-electron chi connectivity index (χ1n) is 11.5. The number of pyridine rings is 1. The number of nitrogens with zero attached hydrogens (tertiary/aromatic N) is 4. The van der Waals surface area contributed by atoms with Crippen LogP contribution < -0.4 is 14.8 Å². The summed E-state index contributed by atoms with van der Waals surface area (Å²) >= 11 is 6.81. The number of halogens is 1. The molecule has 4 aromatic rings. The van der Waals surface area contributed by atoms with Crippen LogP contribution in [0.1, 0.15) is 12.5 Å². The quantitative estimate of drug-likeness (QED) is 0.310. The van der Waals surface area contributed by atoms with Crippen LogP contribution in [0, 0.1) is 0 Å². The highest BCUT2D eigenvalue weighted by Gasteiger charge is 2.21. The summed E-state index contributed by atoms with van der Waals surface area (Å²) < 4.78 is 13.0. The van der Waals surface area contributed by atoms with E-state index < -0.39 is 18.1 Å². The van der Waals surface area contributed by atoms with Gasteiger partial charge in [0.1, 0.15) is 18.7 Å². The Morgan fingerprint density at radius 1 is 1.22 bits per heavy atom. The van der Waals surface area contributed by atoms with Gasteiger partial charge in [-0.2, -0.15) is 5.10 Å². The van der Waals surface area contributed by atoms with Crippen molar-refractivity contribution in [3.63, 3.8) is 0 Å². The van der Waals surface area contributed by atoms with Crippen molar-refractivity contribution in [1.29, 1.82) is 0 Å². The molecule has 0 bridgehead atoms. The van der Waals surface area contributed by atoms with E-state index in [-0.39, 0.29) is 0 Å². The van der Waals surface area contributed by atoms with E-state index in [0.717, 1.165) is 11.1 Å². The number of aliphatic hydroxyl groups excluding tert-OH is 1. The molecule has 190 valence electrons. The molecule has 2 atom stereocenters. The third-order valence-electron chi connectivity index (χ3n) is 5.91. The normalized spacial score (nSPS) is 14.6. The van der Waals surface area contributed by atoms with Gasteiger partial charge in [0.15, 0.2) is 23.4 Å². The summed E-state index contributed by atoms with van der Waals surface area (Å²) in [4.78, 5) is 19.8. The molecule has 1 aliphatic heterocycles. The maximum absolute atomic E-state index is 11.3. The van der Waals surface area contributed by atoms with Gasteiger partial charge >= 0.3 is 5.97 Å². The van der Waals surface area contributed by atoms with E-state index in [1.807, 2.05) is 36.4 Å². The first kappa shape index (κ1) is 24.5. The summed E-state index contributed by atoms with van der Waals surface area (Å²) in [5, 5.41) is 27.2. The Labute approximate surface area is 217 Å². The van der Waals surface area contributed by atoms with E-state index >= 15 is 0 Å². The molecule has 5 rings (SSSR count). The zero-order valence-electron chi connectivity index (χ0n) is 20.1. The number of carboxylic acids is 1. The average Bonchev–Trinajstić information content (AvgIpc) is 3.19. The zero-order valence-corrected chi connectivity index (χ0v) is 20.8. The second kappa shape index (κ2) is 10.1. The van der Waals surface area contributed by atoms with Gasteiger partial charge in [0.2, 0.25) is 0 Å². The molecule has 2 aromatic carbocycles. The molecule has 2 aromatic heterocycles. The first-order chi connectivity index (χ1) is 17.8. The van der Waals surface area contributed by atoms with E-state index in [1.165, 1.54) is 13.1 Å². The minimum absolute atomic E-state index is 0.500. The fourth-order valence-corrected chi connectivity index (χ4v) is 4.34. The molecular formula is C26H24ClN5O5. The largest absolute Gasteiger partial charge is 0.486 e. The number of aliphatic imine (C=N–C) groups is 1. The molecule has 37 heavy (non-hydrogen) atoms. The number of anilines is 2. The predicted molar refractivity (Wildman–Crippen MR) is 140 cm³/mol. The number of hydrogen-bond donors (Lipinski definition) is 3. The molecule has 0 radical (unpaired) electrons. The summed E-state index contributed by atoms with van der Waals surface area (Å²) in [6.07, 6.45) is 1.82.